The van der Waals surface area contributed by atoms with Crippen LogP contribution in [0, 0.1) is 11.8 Å². The predicted octanol–water partition coefficient (Wildman–Crippen LogP) is 1.80. The molecule has 54 valence electrons. The highest BCUT2D eigenvalue weighted by molar-refractivity contribution is 4.93. The summed E-state index contributed by atoms with van der Waals surface area (Å²) in [5, 5.41) is 9.54. The van der Waals surface area contributed by atoms with Crippen LogP contribution in [-0.2, 0) is 0 Å². The van der Waals surface area contributed by atoms with Crippen molar-refractivity contribution in [2.75, 3.05) is 0 Å². The second-order valence-corrected chi connectivity index (χ2v) is 3.75. The van der Waals surface area contributed by atoms with Crippen molar-refractivity contribution in [3.8, 4) is 0 Å². The van der Waals surface area contributed by atoms with E-state index in [1.54, 1.807) is 0 Å². The van der Waals surface area contributed by atoms with Crippen LogP contribution in [0.5, 0.6) is 0 Å². The summed E-state index contributed by atoms with van der Waals surface area (Å²) in [4.78, 5) is 0. The van der Waals surface area contributed by atoms with E-state index >= 15 is 0 Å². The SMILES string of the molecule is CC(C)[C@H]1CC[C@@]1(C)O. The van der Waals surface area contributed by atoms with Gasteiger partial charge in [0.25, 0.3) is 0 Å². The lowest BCUT2D eigenvalue weighted by Crippen LogP contribution is -2.46. The summed E-state index contributed by atoms with van der Waals surface area (Å²) in [5.41, 5.74) is -0.339. The predicted molar refractivity (Wildman–Crippen MR) is 38.2 cm³/mol. The maximum absolute atomic E-state index is 9.54. The number of rotatable bonds is 1. The van der Waals surface area contributed by atoms with Crippen molar-refractivity contribution < 1.29 is 5.11 Å². The molecule has 0 aromatic carbocycles. The summed E-state index contributed by atoms with van der Waals surface area (Å²) >= 11 is 0. The molecular weight excluding hydrogens is 112 g/mol. The van der Waals surface area contributed by atoms with Crippen LogP contribution < -0.4 is 0 Å². The van der Waals surface area contributed by atoms with Crippen LogP contribution in [0.15, 0.2) is 0 Å². The molecule has 1 aliphatic rings. The van der Waals surface area contributed by atoms with Crippen molar-refractivity contribution in [1.82, 2.24) is 0 Å². The number of hydrogen-bond donors (Lipinski definition) is 1. The summed E-state index contributed by atoms with van der Waals surface area (Å²) in [5.74, 6) is 1.20. The summed E-state index contributed by atoms with van der Waals surface area (Å²) in [6.45, 7) is 6.30. The van der Waals surface area contributed by atoms with E-state index in [9.17, 15) is 5.11 Å². The molecule has 9 heavy (non-hydrogen) atoms. The van der Waals surface area contributed by atoms with E-state index in [1.807, 2.05) is 6.92 Å². The second-order valence-electron chi connectivity index (χ2n) is 3.75. The van der Waals surface area contributed by atoms with E-state index in [-0.39, 0.29) is 5.60 Å². The lowest BCUT2D eigenvalue weighted by atomic mass is 9.65. The molecule has 2 atom stereocenters. The van der Waals surface area contributed by atoms with Crippen molar-refractivity contribution in [1.29, 1.82) is 0 Å². The molecule has 0 amide bonds. The van der Waals surface area contributed by atoms with Crippen LogP contribution in [0.3, 0.4) is 0 Å². The smallest absolute Gasteiger partial charge is 0.0650 e. The van der Waals surface area contributed by atoms with Gasteiger partial charge in [-0.1, -0.05) is 13.8 Å². The molecule has 1 saturated carbocycles. The highest BCUT2D eigenvalue weighted by Gasteiger charge is 2.42. The van der Waals surface area contributed by atoms with E-state index < -0.39 is 0 Å². The molecule has 0 aromatic heterocycles. The Morgan fingerprint density at radius 2 is 2.11 bits per heavy atom. The first-order valence-corrected chi connectivity index (χ1v) is 3.76. The molecule has 0 heterocycles. The van der Waals surface area contributed by atoms with Gasteiger partial charge in [-0.25, -0.2) is 0 Å². The molecule has 0 unspecified atom stereocenters. The van der Waals surface area contributed by atoms with E-state index in [1.165, 1.54) is 6.42 Å². The monoisotopic (exact) mass is 128 g/mol. The van der Waals surface area contributed by atoms with Gasteiger partial charge in [-0.3, -0.25) is 0 Å². The first kappa shape index (κ1) is 7.07. The quantitative estimate of drug-likeness (QED) is 0.571. The van der Waals surface area contributed by atoms with Crippen LogP contribution in [0.1, 0.15) is 33.6 Å². The number of hydrogen-bond acceptors (Lipinski definition) is 1. The molecule has 1 heteroatoms. The van der Waals surface area contributed by atoms with Gasteiger partial charge in [-0.2, -0.15) is 0 Å². The van der Waals surface area contributed by atoms with Crippen molar-refractivity contribution in [3.05, 3.63) is 0 Å². The van der Waals surface area contributed by atoms with Gasteiger partial charge in [0, 0.05) is 0 Å². The summed E-state index contributed by atoms with van der Waals surface area (Å²) in [6.07, 6.45) is 2.21. The maximum Gasteiger partial charge on any atom is 0.0650 e. The minimum absolute atomic E-state index is 0.339. The number of aliphatic hydroxyl groups is 1. The molecule has 0 spiro atoms. The van der Waals surface area contributed by atoms with Gasteiger partial charge in [-0.15, -0.1) is 0 Å². The van der Waals surface area contributed by atoms with E-state index in [4.69, 9.17) is 0 Å². The molecule has 1 aliphatic carbocycles. The lowest BCUT2D eigenvalue weighted by Gasteiger charge is -2.45. The standard InChI is InChI=1S/C8H16O/c1-6(2)7-4-5-8(7,3)9/h6-7,9H,4-5H2,1-3H3/t7-,8-/m1/s1. The molecule has 1 nitrogen and oxygen atoms in total. The minimum Gasteiger partial charge on any atom is -0.390 e. The fourth-order valence-electron chi connectivity index (χ4n) is 1.78. The Labute approximate surface area is 57.1 Å². The van der Waals surface area contributed by atoms with Crippen LogP contribution in [-0.4, -0.2) is 10.7 Å². The zero-order valence-electron chi connectivity index (χ0n) is 6.52. The molecule has 0 saturated heterocycles. The van der Waals surface area contributed by atoms with Crippen molar-refractivity contribution in [2.24, 2.45) is 11.8 Å². The molecule has 0 bridgehead atoms. The van der Waals surface area contributed by atoms with Crippen molar-refractivity contribution in [2.45, 2.75) is 39.2 Å². The lowest BCUT2D eigenvalue weighted by molar-refractivity contribution is -0.0970. The first-order chi connectivity index (χ1) is 4.04. The topological polar surface area (TPSA) is 20.2 Å². The highest BCUT2D eigenvalue weighted by atomic mass is 16.3. The van der Waals surface area contributed by atoms with Crippen LogP contribution in [0.25, 0.3) is 0 Å². The minimum atomic E-state index is -0.339. The fraction of sp³-hybridized carbons (Fsp3) is 1.00. The molecular formula is C8H16O. The molecule has 0 aromatic rings. The Balaban J connectivity index is 2.45. The molecule has 1 rings (SSSR count). The Hall–Kier alpha value is -0.0400. The van der Waals surface area contributed by atoms with Gasteiger partial charge < -0.3 is 5.11 Å². The zero-order valence-corrected chi connectivity index (χ0v) is 6.52. The van der Waals surface area contributed by atoms with Gasteiger partial charge in [0.2, 0.25) is 0 Å². The Morgan fingerprint density at radius 3 is 2.11 bits per heavy atom. The summed E-state index contributed by atoms with van der Waals surface area (Å²) in [6, 6.07) is 0. The van der Waals surface area contributed by atoms with E-state index in [0.717, 1.165) is 6.42 Å². The van der Waals surface area contributed by atoms with Crippen LogP contribution in [0.2, 0.25) is 0 Å². The largest absolute Gasteiger partial charge is 0.390 e. The molecule has 0 radical (unpaired) electrons. The zero-order chi connectivity index (χ0) is 7.07. The Morgan fingerprint density at radius 1 is 1.56 bits per heavy atom. The van der Waals surface area contributed by atoms with Crippen LogP contribution >= 0.6 is 0 Å². The molecule has 0 aliphatic heterocycles. The molecule has 1 fully saturated rings. The highest BCUT2D eigenvalue weighted by Crippen LogP contribution is 2.42. The van der Waals surface area contributed by atoms with Gasteiger partial charge in [0.15, 0.2) is 0 Å². The van der Waals surface area contributed by atoms with Gasteiger partial charge in [0.05, 0.1) is 5.60 Å². The normalized spacial score (nSPS) is 43.0. The fourth-order valence-corrected chi connectivity index (χ4v) is 1.78. The third-order valence-corrected chi connectivity index (χ3v) is 2.57. The second kappa shape index (κ2) is 1.98. The van der Waals surface area contributed by atoms with E-state index in [2.05, 4.69) is 13.8 Å². The summed E-state index contributed by atoms with van der Waals surface area (Å²) in [7, 11) is 0. The van der Waals surface area contributed by atoms with Gasteiger partial charge >= 0.3 is 0 Å². The Kier molecular flexibility index (Phi) is 1.55. The van der Waals surface area contributed by atoms with Crippen LogP contribution in [0.4, 0.5) is 0 Å². The first-order valence-electron chi connectivity index (χ1n) is 3.76. The van der Waals surface area contributed by atoms with Gasteiger partial charge in [-0.05, 0) is 31.6 Å². The average molecular weight is 128 g/mol. The third kappa shape index (κ3) is 1.11. The maximum atomic E-state index is 9.54. The van der Waals surface area contributed by atoms with E-state index in [0.29, 0.717) is 11.8 Å². The van der Waals surface area contributed by atoms with Crippen molar-refractivity contribution >= 4 is 0 Å². The summed E-state index contributed by atoms with van der Waals surface area (Å²) < 4.78 is 0. The third-order valence-electron chi connectivity index (χ3n) is 2.57. The van der Waals surface area contributed by atoms with Gasteiger partial charge in [0.1, 0.15) is 0 Å². The van der Waals surface area contributed by atoms with Crippen molar-refractivity contribution in [3.63, 3.8) is 0 Å². The Bertz CT molecular complexity index is 105. The molecule has 1 N–H and O–H groups in total. The average Bonchev–Trinajstić information content (AvgIpc) is 1.62.